The number of benzene rings is 1. The Bertz CT molecular complexity index is 802. The molecule has 0 spiro atoms. The van der Waals surface area contributed by atoms with Crippen molar-refractivity contribution in [2.45, 2.75) is 19.4 Å². The lowest BCUT2D eigenvalue weighted by atomic mass is 10.2. The molecular formula is C19H23N3O2. The van der Waals surface area contributed by atoms with E-state index >= 15 is 0 Å². The summed E-state index contributed by atoms with van der Waals surface area (Å²) in [6.45, 7) is 5.07. The van der Waals surface area contributed by atoms with Crippen LogP contribution in [0.25, 0.3) is 10.9 Å². The van der Waals surface area contributed by atoms with Gasteiger partial charge in [0.1, 0.15) is 6.54 Å². The van der Waals surface area contributed by atoms with E-state index in [1.54, 1.807) is 12.3 Å². The van der Waals surface area contributed by atoms with Crippen molar-refractivity contribution < 1.29 is 4.79 Å². The van der Waals surface area contributed by atoms with Crippen molar-refractivity contribution in [2.24, 2.45) is 5.92 Å². The summed E-state index contributed by atoms with van der Waals surface area (Å²) in [5.41, 5.74) is 0.828. The van der Waals surface area contributed by atoms with Crippen LogP contribution in [0.5, 0.6) is 0 Å². The highest BCUT2D eigenvalue weighted by Gasteiger charge is 2.27. The lowest BCUT2D eigenvalue weighted by Crippen LogP contribution is -2.49. The molecule has 0 bridgehead atoms. The number of amides is 1. The van der Waals surface area contributed by atoms with E-state index in [1.165, 1.54) is 19.4 Å². The Morgan fingerprint density at radius 1 is 1.04 bits per heavy atom. The first-order valence-electron chi connectivity index (χ1n) is 8.79. The Labute approximate surface area is 141 Å². The lowest BCUT2D eigenvalue weighted by Gasteiger charge is -2.35. The standard InChI is InChI=1S/C19H23N3O2/c23-18-7-8-22(17-4-2-1-3-16(17)18)14-19(24)21-11-9-20(10-12-21)13-15-5-6-15/h1-4,7-8,15H,5-6,9-14H2. The average Bonchev–Trinajstić information content (AvgIpc) is 3.42. The fourth-order valence-electron chi connectivity index (χ4n) is 3.49. The molecule has 24 heavy (non-hydrogen) atoms. The molecule has 0 radical (unpaired) electrons. The summed E-state index contributed by atoms with van der Waals surface area (Å²) in [6, 6.07) is 9.02. The number of para-hydroxylation sites is 1. The maximum Gasteiger partial charge on any atom is 0.242 e. The van der Waals surface area contributed by atoms with E-state index < -0.39 is 0 Å². The summed E-state index contributed by atoms with van der Waals surface area (Å²) < 4.78 is 1.88. The SMILES string of the molecule is O=C(Cn1ccc(=O)c2ccccc21)N1CCN(CC2CC2)CC1. The van der Waals surface area contributed by atoms with Gasteiger partial charge in [0.25, 0.3) is 0 Å². The number of hydrogen-bond donors (Lipinski definition) is 0. The summed E-state index contributed by atoms with van der Waals surface area (Å²) in [6.07, 6.45) is 4.48. The fourth-order valence-corrected chi connectivity index (χ4v) is 3.49. The smallest absolute Gasteiger partial charge is 0.242 e. The summed E-state index contributed by atoms with van der Waals surface area (Å²) >= 11 is 0. The minimum absolute atomic E-state index is 0.00277. The Kier molecular flexibility index (Phi) is 4.10. The molecule has 4 rings (SSSR count). The highest BCUT2D eigenvalue weighted by atomic mass is 16.2. The van der Waals surface area contributed by atoms with Gasteiger partial charge in [-0.1, -0.05) is 12.1 Å². The van der Waals surface area contributed by atoms with Crippen molar-refractivity contribution in [3.63, 3.8) is 0 Å². The highest BCUT2D eigenvalue weighted by Crippen LogP contribution is 2.29. The molecule has 1 aromatic heterocycles. The van der Waals surface area contributed by atoms with Crippen molar-refractivity contribution in [2.75, 3.05) is 32.7 Å². The minimum atomic E-state index is 0.00277. The van der Waals surface area contributed by atoms with Gasteiger partial charge in [-0.2, -0.15) is 0 Å². The number of pyridine rings is 1. The van der Waals surface area contributed by atoms with Gasteiger partial charge in [0.15, 0.2) is 5.43 Å². The van der Waals surface area contributed by atoms with Gasteiger partial charge >= 0.3 is 0 Å². The van der Waals surface area contributed by atoms with Gasteiger partial charge in [-0.25, -0.2) is 0 Å². The van der Waals surface area contributed by atoms with Gasteiger partial charge < -0.3 is 9.47 Å². The van der Waals surface area contributed by atoms with E-state index in [4.69, 9.17) is 0 Å². The normalized spacial score (nSPS) is 18.9. The van der Waals surface area contributed by atoms with Gasteiger partial charge in [-0.15, -0.1) is 0 Å². The predicted octanol–water partition coefficient (Wildman–Crippen LogP) is 1.56. The summed E-state index contributed by atoms with van der Waals surface area (Å²) in [7, 11) is 0. The van der Waals surface area contributed by atoms with Crippen LogP contribution in [0.3, 0.4) is 0 Å². The topological polar surface area (TPSA) is 45.6 Å². The zero-order valence-corrected chi connectivity index (χ0v) is 13.9. The zero-order chi connectivity index (χ0) is 16.5. The van der Waals surface area contributed by atoms with Crippen LogP contribution in [-0.2, 0) is 11.3 Å². The number of carbonyl (C=O) groups is 1. The van der Waals surface area contributed by atoms with Crippen LogP contribution >= 0.6 is 0 Å². The maximum atomic E-state index is 12.6. The van der Waals surface area contributed by atoms with E-state index in [1.807, 2.05) is 33.7 Å². The molecule has 0 atom stereocenters. The number of rotatable bonds is 4. The van der Waals surface area contributed by atoms with Crippen molar-refractivity contribution in [1.29, 1.82) is 0 Å². The fraction of sp³-hybridized carbons (Fsp3) is 0.474. The summed E-state index contributed by atoms with van der Waals surface area (Å²) in [5.74, 6) is 1.04. The molecule has 0 unspecified atom stereocenters. The van der Waals surface area contributed by atoms with Crippen molar-refractivity contribution in [3.05, 3.63) is 46.8 Å². The van der Waals surface area contributed by atoms with Gasteiger partial charge in [0.2, 0.25) is 5.91 Å². The van der Waals surface area contributed by atoms with Gasteiger partial charge in [-0.05, 0) is 30.9 Å². The molecule has 1 aliphatic heterocycles. The molecule has 1 aliphatic carbocycles. The van der Waals surface area contributed by atoms with E-state index in [-0.39, 0.29) is 11.3 Å². The molecule has 1 saturated heterocycles. The van der Waals surface area contributed by atoms with Gasteiger partial charge in [-0.3, -0.25) is 14.5 Å². The number of fused-ring (bicyclic) bond motifs is 1. The van der Waals surface area contributed by atoms with E-state index in [0.717, 1.165) is 37.6 Å². The third kappa shape index (κ3) is 3.22. The van der Waals surface area contributed by atoms with Crippen LogP contribution in [0.15, 0.2) is 41.3 Å². The van der Waals surface area contributed by atoms with Crippen molar-refractivity contribution in [3.8, 4) is 0 Å². The second kappa shape index (κ2) is 6.40. The van der Waals surface area contributed by atoms with Gasteiger partial charge in [0.05, 0.1) is 5.52 Å². The summed E-state index contributed by atoms with van der Waals surface area (Å²) in [5, 5.41) is 0.669. The first kappa shape index (κ1) is 15.4. The maximum absolute atomic E-state index is 12.6. The van der Waals surface area contributed by atoms with E-state index in [2.05, 4.69) is 4.90 Å². The molecule has 0 N–H and O–H groups in total. The molecule has 1 aromatic carbocycles. The second-order valence-corrected chi connectivity index (χ2v) is 6.95. The summed E-state index contributed by atoms with van der Waals surface area (Å²) in [4.78, 5) is 29.0. The lowest BCUT2D eigenvalue weighted by molar-refractivity contribution is -0.133. The van der Waals surface area contributed by atoms with Crippen LogP contribution in [0.4, 0.5) is 0 Å². The second-order valence-electron chi connectivity index (χ2n) is 6.95. The molecule has 126 valence electrons. The molecule has 1 saturated carbocycles. The van der Waals surface area contributed by atoms with Crippen molar-refractivity contribution >= 4 is 16.8 Å². The van der Waals surface area contributed by atoms with E-state index in [0.29, 0.717) is 11.9 Å². The van der Waals surface area contributed by atoms with Crippen LogP contribution < -0.4 is 5.43 Å². The molecule has 5 nitrogen and oxygen atoms in total. The third-order valence-corrected chi connectivity index (χ3v) is 5.13. The van der Waals surface area contributed by atoms with Crippen molar-refractivity contribution in [1.82, 2.24) is 14.4 Å². The number of carbonyl (C=O) groups excluding carboxylic acids is 1. The quantitative estimate of drug-likeness (QED) is 0.857. The molecular weight excluding hydrogens is 302 g/mol. The molecule has 2 aliphatic rings. The number of nitrogens with zero attached hydrogens (tertiary/aromatic N) is 3. The zero-order valence-electron chi connectivity index (χ0n) is 13.9. The highest BCUT2D eigenvalue weighted by molar-refractivity contribution is 5.82. The largest absolute Gasteiger partial charge is 0.339 e. The van der Waals surface area contributed by atoms with E-state index in [9.17, 15) is 9.59 Å². The Hall–Kier alpha value is -2.14. The number of hydrogen-bond acceptors (Lipinski definition) is 3. The monoisotopic (exact) mass is 325 g/mol. The third-order valence-electron chi connectivity index (χ3n) is 5.13. The number of aromatic nitrogens is 1. The Morgan fingerprint density at radius 2 is 1.79 bits per heavy atom. The first-order chi connectivity index (χ1) is 11.7. The molecule has 2 heterocycles. The Morgan fingerprint density at radius 3 is 2.54 bits per heavy atom. The van der Waals surface area contributed by atoms with Crippen LogP contribution in [0.2, 0.25) is 0 Å². The Balaban J connectivity index is 1.43. The van der Waals surface area contributed by atoms with Crippen LogP contribution in [-0.4, -0.2) is 53.0 Å². The first-order valence-corrected chi connectivity index (χ1v) is 8.79. The van der Waals surface area contributed by atoms with Gasteiger partial charge in [0, 0.05) is 50.4 Å². The molecule has 2 fully saturated rings. The molecule has 1 amide bonds. The molecule has 2 aromatic rings. The van der Waals surface area contributed by atoms with Crippen LogP contribution in [0.1, 0.15) is 12.8 Å². The van der Waals surface area contributed by atoms with Crippen LogP contribution in [0, 0.1) is 5.92 Å². The minimum Gasteiger partial charge on any atom is -0.339 e. The average molecular weight is 325 g/mol. The molecule has 5 heteroatoms. The predicted molar refractivity (Wildman–Crippen MR) is 94.0 cm³/mol. The number of piperazine rings is 1.